The zero-order valence-electron chi connectivity index (χ0n) is 14.0. The van der Waals surface area contributed by atoms with Crippen LogP contribution in [0.15, 0.2) is 33.6 Å². The fourth-order valence-electron chi connectivity index (χ4n) is 2.94. The van der Waals surface area contributed by atoms with Gasteiger partial charge in [-0.25, -0.2) is 8.42 Å². The van der Waals surface area contributed by atoms with Gasteiger partial charge in [-0.05, 0) is 25.0 Å². The number of halogens is 6. The summed E-state index contributed by atoms with van der Waals surface area (Å²) in [6.45, 7) is -0.445. The van der Waals surface area contributed by atoms with Crippen molar-refractivity contribution < 1.29 is 39.2 Å². The summed E-state index contributed by atoms with van der Waals surface area (Å²) in [5, 5.41) is 6.21. The molecule has 1 aliphatic rings. The topological polar surface area (TPSA) is 76.3 Å². The molecule has 0 saturated carbocycles. The first kappa shape index (κ1) is 20.6. The van der Waals surface area contributed by atoms with Crippen LogP contribution in [0.3, 0.4) is 0 Å². The highest BCUT2D eigenvalue weighted by molar-refractivity contribution is 7.89. The smallest absolute Gasteiger partial charge is 0.417 e. The third kappa shape index (κ3) is 3.99. The average Bonchev–Trinajstić information content (AvgIpc) is 3.12. The van der Waals surface area contributed by atoms with Crippen LogP contribution in [0.1, 0.15) is 36.1 Å². The molecule has 1 saturated heterocycles. The standard InChI is InChI=1S/C15H13F6N3O3S/c16-14(17,18)10-5-1-2-6-11(10)28(25,26)24-7-3-4-9(8-24)12-22-23-13(27-12)15(19,20)21/h1-2,5-6,9H,3-4,7-8H2/t9-/m1/s1. The van der Waals surface area contributed by atoms with Gasteiger partial charge in [0, 0.05) is 13.1 Å². The van der Waals surface area contributed by atoms with Crippen LogP contribution in [0.25, 0.3) is 0 Å². The molecule has 1 aromatic heterocycles. The minimum atomic E-state index is -4.88. The molecule has 28 heavy (non-hydrogen) atoms. The summed E-state index contributed by atoms with van der Waals surface area (Å²) in [5.41, 5.74) is -1.31. The Balaban J connectivity index is 1.89. The maximum atomic E-state index is 13.2. The normalized spacial score (nSPS) is 19.7. The molecule has 0 spiro atoms. The van der Waals surface area contributed by atoms with Crippen molar-refractivity contribution in [2.45, 2.75) is 36.0 Å². The van der Waals surface area contributed by atoms with E-state index in [1.807, 2.05) is 0 Å². The molecule has 0 radical (unpaired) electrons. The zero-order chi connectivity index (χ0) is 20.7. The lowest BCUT2D eigenvalue weighted by Gasteiger charge is -2.31. The van der Waals surface area contributed by atoms with E-state index in [0.29, 0.717) is 6.07 Å². The van der Waals surface area contributed by atoms with Crippen LogP contribution in [-0.4, -0.2) is 36.0 Å². The number of rotatable bonds is 3. The molecule has 1 aliphatic heterocycles. The molecule has 0 bridgehead atoms. The second-order valence-electron chi connectivity index (χ2n) is 6.14. The van der Waals surface area contributed by atoms with Crippen molar-refractivity contribution >= 4 is 10.0 Å². The minimum absolute atomic E-state index is 0.0781. The Labute approximate surface area is 155 Å². The Morgan fingerprint density at radius 2 is 1.71 bits per heavy atom. The van der Waals surface area contributed by atoms with Crippen LogP contribution < -0.4 is 0 Å². The molecule has 13 heteroatoms. The second kappa shape index (κ2) is 7.03. The van der Waals surface area contributed by atoms with Crippen molar-refractivity contribution in [2.24, 2.45) is 0 Å². The van der Waals surface area contributed by atoms with Crippen LogP contribution in [0.4, 0.5) is 26.3 Å². The predicted octanol–water partition coefficient (Wildman–Crippen LogP) is 3.68. The first-order valence-corrected chi connectivity index (χ1v) is 9.41. The van der Waals surface area contributed by atoms with Gasteiger partial charge >= 0.3 is 18.2 Å². The van der Waals surface area contributed by atoms with Gasteiger partial charge in [-0.3, -0.25) is 0 Å². The van der Waals surface area contributed by atoms with Crippen LogP contribution in [0, 0.1) is 0 Å². The molecule has 0 N–H and O–H groups in total. The number of hydrogen-bond donors (Lipinski definition) is 0. The first-order chi connectivity index (χ1) is 12.9. The number of sulfonamides is 1. The summed E-state index contributed by atoms with van der Waals surface area (Å²) < 4.78 is 108. The van der Waals surface area contributed by atoms with Crippen molar-refractivity contribution in [3.8, 4) is 0 Å². The molecule has 0 unspecified atom stereocenters. The molecule has 1 atom stereocenters. The number of hydrogen-bond acceptors (Lipinski definition) is 5. The summed E-state index contributed by atoms with van der Waals surface area (Å²) in [7, 11) is -4.54. The van der Waals surface area contributed by atoms with E-state index in [9.17, 15) is 34.8 Å². The lowest BCUT2D eigenvalue weighted by Crippen LogP contribution is -2.39. The Hall–Kier alpha value is -2.15. The molecule has 0 amide bonds. The lowest BCUT2D eigenvalue weighted by atomic mass is 10.00. The largest absolute Gasteiger partial charge is 0.470 e. The summed E-state index contributed by atoms with van der Waals surface area (Å²) in [6.07, 6.45) is -9.27. The van der Waals surface area contributed by atoms with Gasteiger partial charge < -0.3 is 4.42 Å². The van der Waals surface area contributed by atoms with Gasteiger partial charge in [-0.2, -0.15) is 30.6 Å². The van der Waals surface area contributed by atoms with Gasteiger partial charge in [0.1, 0.15) is 0 Å². The van der Waals surface area contributed by atoms with Crippen molar-refractivity contribution in [2.75, 3.05) is 13.1 Å². The van der Waals surface area contributed by atoms with E-state index in [0.717, 1.165) is 22.5 Å². The third-order valence-corrected chi connectivity index (χ3v) is 6.15. The maximum absolute atomic E-state index is 13.2. The van der Waals surface area contributed by atoms with Crippen LogP contribution in [0.2, 0.25) is 0 Å². The molecule has 3 rings (SSSR count). The first-order valence-electron chi connectivity index (χ1n) is 7.97. The highest BCUT2D eigenvalue weighted by Crippen LogP contribution is 2.37. The van der Waals surface area contributed by atoms with E-state index in [4.69, 9.17) is 0 Å². The summed E-state index contributed by atoms with van der Waals surface area (Å²) in [4.78, 5) is -0.912. The predicted molar refractivity (Wildman–Crippen MR) is 81.5 cm³/mol. The molecular weight excluding hydrogens is 416 g/mol. The fourth-order valence-corrected chi connectivity index (χ4v) is 4.68. The monoisotopic (exact) mass is 429 g/mol. The molecule has 1 fully saturated rings. The number of alkyl halides is 6. The zero-order valence-corrected chi connectivity index (χ0v) is 14.8. The van der Waals surface area contributed by atoms with Gasteiger partial charge in [0.25, 0.3) is 0 Å². The quantitative estimate of drug-likeness (QED) is 0.696. The van der Waals surface area contributed by atoms with Crippen molar-refractivity contribution in [3.05, 3.63) is 41.6 Å². The Morgan fingerprint density at radius 3 is 2.32 bits per heavy atom. The number of benzene rings is 1. The summed E-state index contributed by atoms with van der Waals surface area (Å²) in [6, 6.07) is 3.73. The fraction of sp³-hybridized carbons (Fsp3) is 0.467. The number of nitrogens with zero attached hydrogens (tertiary/aromatic N) is 3. The Morgan fingerprint density at radius 1 is 1.04 bits per heavy atom. The molecule has 2 heterocycles. The van der Waals surface area contributed by atoms with Crippen LogP contribution in [0.5, 0.6) is 0 Å². The van der Waals surface area contributed by atoms with Gasteiger partial charge in [0.2, 0.25) is 15.9 Å². The SMILES string of the molecule is O=S(=O)(c1ccccc1C(F)(F)F)N1CCC[C@@H](c2nnc(C(F)(F)F)o2)C1. The van der Waals surface area contributed by atoms with Crippen molar-refractivity contribution in [1.29, 1.82) is 0 Å². The van der Waals surface area contributed by atoms with Crippen molar-refractivity contribution in [3.63, 3.8) is 0 Å². The summed E-state index contributed by atoms with van der Waals surface area (Å²) >= 11 is 0. The Kier molecular flexibility index (Phi) is 5.17. The number of aromatic nitrogens is 2. The summed E-state index contributed by atoms with van der Waals surface area (Å²) in [5.74, 6) is -2.83. The van der Waals surface area contributed by atoms with E-state index in [1.165, 1.54) is 0 Å². The molecular formula is C15H13F6N3O3S. The third-order valence-electron chi connectivity index (χ3n) is 4.23. The van der Waals surface area contributed by atoms with E-state index in [2.05, 4.69) is 14.6 Å². The van der Waals surface area contributed by atoms with Crippen LogP contribution in [-0.2, 0) is 22.4 Å². The van der Waals surface area contributed by atoms with E-state index in [1.54, 1.807) is 0 Å². The molecule has 2 aromatic rings. The highest BCUT2D eigenvalue weighted by Gasteiger charge is 2.42. The second-order valence-corrected chi connectivity index (χ2v) is 8.05. The van der Waals surface area contributed by atoms with Crippen LogP contribution >= 0.6 is 0 Å². The van der Waals surface area contributed by atoms with Gasteiger partial charge in [0.05, 0.1) is 16.4 Å². The highest BCUT2D eigenvalue weighted by atomic mass is 32.2. The lowest BCUT2D eigenvalue weighted by molar-refractivity contribution is -0.157. The Bertz CT molecular complexity index is 954. The van der Waals surface area contributed by atoms with Crippen molar-refractivity contribution in [1.82, 2.24) is 14.5 Å². The van der Waals surface area contributed by atoms with Gasteiger partial charge in [-0.1, -0.05) is 12.1 Å². The molecule has 154 valence electrons. The van der Waals surface area contributed by atoms with Gasteiger partial charge in [0.15, 0.2) is 0 Å². The van der Waals surface area contributed by atoms with E-state index < -0.39 is 50.5 Å². The molecule has 0 aliphatic carbocycles. The van der Waals surface area contributed by atoms with E-state index >= 15 is 0 Å². The minimum Gasteiger partial charge on any atom is -0.417 e. The molecule has 6 nitrogen and oxygen atoms in total. The molecule has 1 aromatic carbocycles. The maximum Gasteiger partial charge on any atom is 0.470 e. The average molecular weight is 429 g/mol. The number of piperidine rings is 1. The van der Waals surface area contributed by atoms with E-state index in [-0.39, 0.29) is 25.9 Å². The van der Waals surface area contributed by atoms with Gasteiger partial charge in [-0.15, -0.1) is 10.2 Å².